The number of hydrogen-bond donors (Lipinski definition) is 1. The predicted molar refractivity (Wildman–Crippen MR) is 77.8 cm³/mol. The van der Waals surface area contributed by atoms with Gasteiger partial charge in [0.25, 0.3) is 0 Å². The van der Waals surface area contributed by atoms with Crippen LogP contribution in [0.15, 0.2) is 24.3 Å². The smallest absolute Gasteiger partial charge is 0.308 e. The van der Waals surface area contributed by atoms with Gasteiger partial charge in [-0.1, -0.05) is 24.3 Å². The number of hydrogen-bond acceptors (Lipinski definition) is 3. The van der Waals surface area contributed by atoms with Crippen LogP contribution in [-0.2, 0) is 27.4 Å². The van der Waals surface area contributed by atoms with E-state index >= 15 is 0 Å². The third-order valence-electron chi connectivity index (χ3n) is 3.78. The Morgan fingerprint density at radius 2 is 2.14 bits per heavy atom. The van der Waals surface area contributed by atoms with Crippen LogP contribution in [0.1, 0.15) is 24.0 Å². The van der Waals surface area contributed by atoms with Crippen LogP contribution in [0, 0.1) is 5.92 Å². The average molecular weight is 291 g/mol. The van der Waals surface area contributed by atoms with Crippen molar-refractivity contribution in [2.75, 3.05) is 20.2 Å². The number of aliphatic carboxylic acids is 1. The second-order valence-corrected chi connectivity index (χ2v) is 5.45. The van der Waals surface area contributed by atoms with E-state index in [1.54, 1.807) is 12.0 Å². The van der Waals surface area contributed by atoms with Crippen molar-refractivity contribution in [2.24, 2.45) is 5.92 Å². The summed E-state index contributed by atoms with van der Waals surface area (Å²) in [6.07, 6.45) is 1.72. The van der Waals surface area contributed by atoms with Gasteiger partial charge in [-0.05, 0) is 24.0 Å². The summed E-state index contributed by atoms with van der Waals surface area (Å²) in [5, 5.41) is 9.07. The number of amides is 1. The van der Waals surface area contributed by atoms with Gasteiger partial charge in [-0.15, -0.1) is 0 Å². The Balaban J connectivity index is 1.97. The first-order valence-corrected chi connectivity index (χ1v) is 7.17. The summed E-state index contributed by atoms with van der Waals surface area (Å²) in [5.74, 6) is -1.24. The van der Waals surface area contributed by atoms with E-state index in [1.165, 1.54) is 0 Å². The van der Waals surface area contributed by atoms with Crippen molar-refractivity contribution in [1.29, 1.82) is 0 Å². The van der Waals surface area contributed by atoms with Gasteiger partial charge in [0.1, 0.15) is 0 Å². The maximum atomic E-state index is 12.3. The SMILES string of the molecule is COCc1cccc(CC(=O)N2CCC[C@H](C(=O)O)C2)c1. The maximum Gasteiger partial charge on any atom is 0.308 e. The largest absolute Gasteiger partial charge is 0.481 e. The van der Waals surface area contributed by atoms with Crippen LogP contribution >= 0.6 is 0 Å². The molecule has 0 unspecified atom stereocenters. The number of methoxy groups -OCH3 is 1. The molecule has 1 fully saturated rings. The number of benzene rings is 1. The van der Waals surface area contributed by atoms with Crippen molar-refractivity contribution >= 4 is 11.9 Å². The van der Waals surface area contributed by atoms with Crippen LogP contribution in [0.5, 0.6) is 0 Å². The van der Waals surface area contributed by atoms with Crippen LogP contribution < -0.4 is 0 Å². The third kappa shape index (κ3) is 4.29. The van der Waals surface area contributed by atoms with Gasteiger partial charge in [0.05, 0.1) is 18.9 Å². The van der Waals surface area contributed by atoms with Crippen LogP contribution in [-0.4, -0.2) is 42.1 Å². The van der Waals surface area contributed by atoms with E-state index in [1.807, 2.05) is 24.3 Å². The van der Waals surface area contributed by atoms with Crippen LogP contribution in [0.25, 0.3) is 0 Å². The molecule has 1 saturated heterocycles. The van der Waals surface area contributed by atoms with Gasteiger partial charge in [0.15, 0.2) is 0 Å². The molecule has 5 heteroatoms. The van der Waals surface area contributed by atoms with Gasteiger partial charge in [-0.25, -0.2) is 0 Å². The molecule has 0 radical (unpaired) electrons. The lowest BCUT2D eigenvalue weighted by molar-refractivity contribution is -0.145. The van der Waals surface area contributed by atoms with Gasteiger partial charge < -0.3 is 14.7 Å². The molecule has 1 aliphatic rings. The highest BCUT2D eigenvalue weighted by molar-refractivity contribution is 5.80. The molecule has 1 aromatic rings. The molecule has 0 spiro atoms. The molecule has 5 nitrogen and oxygen atoms in total. The Labute approximate surface area is 124 Å². The zero-order chi connectivity index (χ0) is 15.2. The molecule has 21 heavy (non-hydrogen) atoms. The van der Waals surface area contributed by atoms with E-state index < -0.39 is 11.9 Å². The fourth-order valence-corrected chi connectivity index (χ4v) is 2.69. The number of nitrogens with zero attached hydrogens (tertiary/aromatic N) is 1. The number of ether oxygens (including phenoxy) is 1. The third-order valence-corrected chi connectivity index (χ3v) is 3.78. The van der Waals surface area contributed by atoms with Crippen LogP contribution in [0.2, 0.25) is 0 Å². The van der Waals surface area contributed by atoms with Crippen LogP contribution in [0.4, 0.5) is 0 Å². The molecule has 1 aliphatic heterocycles. The Hall–Kier alpha value is -1.88. The Kier molecular flexibility index (Phi) is 5.33. The van der Waals surface area contributed by atoms with E-state index in [2.05, 4.69) is 0 Å². The van der Waals surface area contributed by atoms with Gasteiger partial charge in [-0.2, -0.15) is 0 Å². The highest BCUT2D eigenvalue weighted by Crippen LogP contribution is 2.18. The van der Waals surface area contributed by atoms with Crippen molar-refractivity contribution in [3.8, 4) is 0 Å². The zero-order valence-corrected chi connectivity index (χ0v) is 12.2. The monoisotopic (exact) mass is 291 g/mol. The molecule has 114 valence electrons. The molecule has 0 aromatic heterocycles. The van der Waals surface area contributed by atoms with Crippen molar-refractivity contribution < 1.29 is 19.4 Å². The van der Waals surface area contributed by atoms with Crippen molar-refractivity contribution in [1.82, 2.24) is 4.90 Å². The molecule has 0 bridgehead atoms. The standard InChI is InChI=1S/C16H21NO4/c1-21-11-13-5-2-4-12(8-13)9-15(18)17-7-3-6-14(10-17)16(19)20/h2,4-5,8,14H,3,6-7,9-11H2,1H3,(H,19,20)/t14-/m0/s1. The maximum absolute atomic E-state index is 12.3. The van der Waals surface area contributed by atoms with E-state index in [4.69, 9.17) is 9.84 Å². The lowest BCUT2D eigenvalue weighted by Gasteiger charge is -2.30. The summed E-state index contributed by atoms with van der Waals surface area (Å²) < 4.78 is 5.08. The summed E-state index contributed by atoms with van der Waals surface area (Å²) >= 11 is 0. The number of likely N-dealkylation sites (tertiary alicyclic amines) is 1. The average Bonchev–Trinajstić information content (AvgIpc) is 2.48. The quantitative estimate of drug-likeness (QED) is 0.896. The first-order valence-electron chi connectivity index (χ1n) is 7.17. The summed E-state index contributed by atoms with van der Waals surface area (Å²) in [6.45, 7) is 1.50. The Bertz CT molecular complexity index is 515. The first kappa shape index (κ1) is 15.5. The van der Waals surface area contributed by atoms with Gasteiger partial charge in [0, 0.05) is 20.2 Å². The fraction of sp³-hybridized carbons (Fsp3) is 0.500. The molecule has 1 aromatic carbocycles. The molecular formula is C16H21NO4. The fourth-order valence-electron chi connectivity index (χ4n) is 2.69. The lowest BCUT2D eigenvalue weighted by Crippen LogP contribution is -2.43. The highest BCUT2D eigenvalue weighted by Gasteiger charge is 2.27. The second kappa shape index (κ2) is 7.22. The van der Waals surface area contributed by atoms with Crippen LogP contribution in [0.3, 0.4) is 0 Å². The van der Waals surface area contributed by atoms with Gasteiger partial charge >= 0.3 is 5.97 Å². The molecular weight excluding hydrogens is 270 g/mol. The van der Waals surface area contributed by atoms with Gasteiger partial charge in [0.2, 0.25) is 5.91 Å². The molecule has 0 saturated carbocycles. The van der Waals surface area contributed by atoms with Gasteiger partial charge in [-0.3, -0.25) is 9.59 Å². The molecule has 1 heterocycles. The molecule has 1 atom stereocenters. The summed E-state index contributed by atoms with van der Waals surface area (Å²) in [7, 11) is 1.64. The summed E-state index contributed by atoms with van der Waals surface area (Å²) in [4.78, 5) is 25.0. The minimum atomic E-state index is -0.811. The summed E-state index contributed by atoms with van der Waals surface area (Å²) in [5.41, 5.74) is 1.97. The van der Waals surface area contributed by atoms with Crippen molar-refractivity contribution in [3.63, 3.8) is 0 Å². The first-order chi connectivity index (χ1) is 10.1. The number of carbonyl (C=O) groups excluding carboxylic acids is 1. The second-order valence-electron chi connectivity index (χ2n) is 5.45. The molecule has 1 N–H and O–H groups in total. The Morgan fingerprint density at radius 3 is 2.86 bits per heavy atom. The Morgan fingerprint density at radius 1 is 1.38 bits per heavy atom. The minimum Gasteiger partial charge on any atom is -0.481 e. The number of carboxylic acids is 1. The highest BCUT2D eigenvalue weighted by atomic mass is 16.5. The molecule has 0 aliphatic carbocycles. The summed E-state index contributed by atoms with van der Waals surface area (Å²) in [6, 6.07) is 7.74. The molecule has 2 rings (SSSR count). The van der Waals surface area contributed by atoms with Crippen molar-refractivity contribution in [3.05, 3.63) is 35.4 Å². The normalized spacial score (nSPS) is 18.5. The topological polar surface area (TPSA) is 66.8 Å². The number of piperidine rings is 1. The number of carboxylic acid groups (broad SMARTS) is 1. The lowest BCUT2D eigenvalue weighted by atomic mass is 9.97. The zero-order valence-electron chi connectivity index (χ0n) is 12.2. The number of rotatable bonds is 5. The minimum absolute atomic E-state index is 0.00415. The van der Waals surface area contributed by atoms with E-state index in [-0.39, 0.29) is 5.91 Å². The van der Waals surface area contributed by atoms with Crippen molar-refractivity contribution in [2.45, 2.75) is 25.9 Å². The number of carbonyl (C=O) groups is 2. The molecule has 1 amide bonds. The van der Waals surface area contributed by atoms with E-state index in [0.717, 1.165) is 17.5 Å². The van der Waals surface area contributed by atoms with E-state index in [0.29, 0.717) is 32.5 Å². The predicted octanol–water partition coefficient (Wildman–Crippen LogP) is 1.70. The van der Waals surface area contributed by atoms with E-state index in [9.17, 15) is 9.59 Å².